The zero-order chi connectivity index (χ0) is 14.9. The molecule has 0 unspecified atom stereocenters. The third-order valence-electron chi connectivity index (χ3n) is 3.15. The molecule has 6 nitrogen and oxygen atoms in total. The monoisotopic (exact) mass is 359 g/mol. The van der Waals surface area contributed by atoms with E-state index in [4.69, 9.17) is 11.6 Å². The Labute approximate surface area is 130 Å². The summed E-state index contributed by atoms with van der Waals surface area (Å²) >= 11 is 9.34. The lowest BCUT2D eigenvalue weighted by atomic mass is 10.3. The normalized spacial score (nSPS) is 10.8. The third-order valence-corrected chi connectivity index (χ3v) is 4.19. The van der Waals surface area contributed by atoms with Crippen LogP contribution in [0.2, 0.25) is 5.02 Å². The van der Waals surface area contributed by atoms with Crippen LogP contribution in [0.1, 0.15) is 11.4 Å². The molecule has 2 rings (SSSR count). The number of halogens is 2. The first-order valence-electron chi connectivity index (χ1n) is 5.98. The Morgan fingerprint density at radius 3 is 2.65 bits per heavy atom. The average molecular weight is 361 g/mol. The summed E-state index contributed by atoms with van der Waals surface area (Å²) in [5.41, 5.74) is 1.73. The van der Waals surface area contributed by atoms with Gasteiger partial charge in [0.1, 0.15) is 6.54 Å². The van der Waals surface area contributed by atoms with Crippen LogP contribution in [0.3, 0.4) is 0 Å². The van der Waals surface area contributed by atoms with Gasteiger partial charge in [-0.3, -0.25) is 14.2 Å². The summed E-state index contributed by atoms with van der Waals surface area (Å²) in [5.74, 6) is -0.0408. The standard InChI is InChI=1S/C12H15BrClN5O/c1-8-10(14)5-16-19(8)7-12(20)17(2)6-11-9(13)4-15-18(11)3/h4-5H,6-7H2,1-3H3. The molecule has 0 aliphatic carbocycles. The van der Waals surface area contributed by atoms with Crippen molar-refractivity contribution in [3.8, 4) is 0 Å². The summed E-state index contributed by atoms with van der Waals surface area (Å²) in [4.78, 5) is 13.8. The SMILES string of the molecule is Cc1c(Cl)cnn1CC(=O)N(C)Cc1c(Br)cnn1C. The van der Waals surface area contributed by atoms with Crippen LogP contribution in [0.5, 0.6) is 0 Å². The van der Waals surface area contributed by atoms with E-state index >= 15 is 0 Å². The van der Waals surface area contributed by atoms with Crippen molar-refractivity contribution in [1.29, 1.82) is 0 Å². The van der Waals surface area contributed by atoms with Crippen LogP contribution >= 0.6 is 27.5 Å². The second-order valence-corrected chi connectivity index (χ2v) is 5.81. The number of amides is 1. The number of hydrogen-bond donors (Lipinski definition) is 0. The van der Waals surface area contributed by atoms with Gasteiger partial charge in [0.15, 0.2) is 0 Å². The highest BCUT2D eigenvalue weighted by atomic mass is 79.9. The fourth-order valence-corrected chi connectivity index (χ4v) is 2.37. The molecule has 20 heavy (non-hydrogen) atoms. The van der Waals surface area contributed by atoms with Crippen LogP contribution in [0.4, 0.5) is 0 Å². The zero-order valence-corrected chi connectivity index (χ0v) is 13.8. The Bertz CT molecular complexity index is 616. The van der Waals surface area contributed by atoms with E-state index < -0.39 is 0 Å². The van der Waals surface area contributed by atoms with Crippen molar-refractivity contribution in [1.82, 2.24) is 24.5 Å². The fraction of sp³-hybridized carbons (Fsp3) is 0.417. The molecule has 0 aromatic carbocycles. The first-order chi connectivity index (χ1) is 9.40. The van der Waals surface area contributed by atoms with Gasteiger partial charge in [-0.25, -0.2) is 0 Å². The van der Waals surface area contributed by atoms with Gasteiger partial charge in [-0.05, 0) is 22.9 Å². The summed E-state index contributed by atoms with van der Waals surface area (Å²) in [6.45, 7) is 2.48. The van der Waals surface area contributed by atoms with Crippen molar-refractivity contribution in [2.75, 3.05) is 7.05 Å². The Morgan fingerprint density at radius 2 is 2.15 bits per heavy atom. The second kappa shape index (κ2) is 5.97. The summed E-state index contributed by atoms with van der Waals surface area (Å²) in [6, 6.07) is 0. The van der Waals surface area contributed by atoms with Crippen molar-refractivity contribution in [3.63, 3.8) is 0 Å². The van der Waals surface area contributed by atoms with Crippen LogP contribution in [-0.4, -0.2) is 37.4 Å². The van der Waals surface area contributed by atoms with Gasteiger partial charge in [-0.1, -0.05) is 11.6 Å². The third kappa shape index (κ3) is 3.04. The molecule has 0 spiro atoms. The van der Waals surface area contributed by atoms with Crippen LogP contribution in [0, 0.1) is 6.92 Å². The summed E-state index contributed by atoms with van der Waals surface area (Å²) in [6.07, 6.45) is 3.26. The second-order valence-electron chi connectivity index (χ2n) is 4.55. The molecular formula is C12H15BrClN5O. The Morgan fingerprint density at radius 1 is 1.45 bits per heavy atom. The highest BCUT2D eigenvalue weighted by molar-refractivity contribution is 9.10. The molecular weight excluding hydrogens is 346 g/mol. The number of nitrogens with zero attached hydrogens (tertiary/aromatic N) is 5. The Balaban J connectivity index is 2.04. The number of aryl methyl sites for hydroxylation is 1. The van der Waals surface area contributed by atoms with Gasteiger partial charge in [0.2, 0.25) is 5.91 Å². The molecule has 0 saturated heterocycles. The minimum Gasteiger partial charge on any atom is -0.338 e. The molecule has 0 saturated carbocycles. The first-order valence-corrected chi connectivity index (χ1v) is 7.15. The number of aromatic nitrogens is 4. The molecule has 2 aromatic heterocycles. The number of carbonyl (C=O) groups is 1. The molecule has 1 amide bonds. The fourth-order valence-electron chi connectivity index (χ4n) is 1.76. The van der Waals surface area contributed by atoms with Crippen molar-refractivity contribution in [2.24, 2.45) is 7.05 Å². The minimum atomic E-state index is -0.0408. The molecule has 0 fully saturated rings. The Kier molecular flexibility index (Phi) is 4.49. The summed E-state index contributed by atoms with van der Waals surface area (Å²) in [7, 11) is 3.60. The quantitative estimate of drug-likeness (QED) is 0.838. The lowest BCUT2D eigenvalue weighted by molar-refractivity contribution is -0.131. The molecule has 0 bridgehead atoms. The largest absolute Gasteiger partial charge is 0.338 e. The lowest BCUT2D eigenvalue weighted by Gasteiger charge is -2.18. The summed E-state index contributed by atoms with van der Waals surface area (Å²) in [5, 5.41) is 8.77. The van der Waals surface area contributed by atoms with Gasteiger partial charge in [-0.15, -0.1) is 0 Å². The number of hydrogen-bond acceptors (Lipinski definition) is 3. The highest BCUT2D eigenvalue weighted by Crippen LogP contribution is 2.17. The lowest BCUT2D eigenvalue weighted by Crippen LogP contribution is -2.31. The van der Waals surface area contributed by atoms with E-state index in [0.717, 1.165) is 15.9 Å². The smallest absolute Gasteiger partial charge is 0.244 e. The van der Waals surface area contributed by atoms with E-state index in [1.54, 1.807) is 33.7 Å². The van der Waals surface area contributed by atoms with Gasteiger partial charge in [-0.2, -0.15) is 10.2 Å². The van der Waals surface area contributed by atoms with Crippen LogP contribution < -0.4 is 0 Å². The van der Waals surface area contributed by atoms with E-state index in [0.29, 0.717) is 11.6 Å². The molecule has 2 heterocycles. The highest BCUT2D eigenvalue weighted by Gasteiger charge is 2.16. The van der Waals surface area contributed by atoms with E-state index in [2.05, 4.69) is 26.1 Å². The van der Waals surface area contributed by atoms with Crippen LogP contribution in [0.25, 0.3) is 0 Å². The van der Waals surface area contributed by atoms with Crippen LogP contribution in [-0.2, 0) is 24.9 Å². The number of carbonyl (C=O) groups excluding carboxylic acids is 1. The zero-order valence-electron chi connectivity index (χ0n) is 11.5. The maximum Gasteiger partial charge on any atom is 0.244 e. The van der Waals surface area contributed by atoms with Gasteiger partial charge in [0.05, 0.1) is 39.8 Å². The first kappa shape index (κ1) is 15.1. The number of rotatable bonds is 4. The maximum atomic E-state index is 12.2. The topological polar surface area (TPSA) is 56.0 Å². The van der Waals surface area contributed by atoms with Crippen molar-refractivity contribution >= 4 is 33.4 Å². The van der Waals surface area contributed by atoms with E-state index in [1.165, 1.54) is 0 Å². The molecule has 0 aliphatic heterocycles. The molecule has 0 atom stereocenters. The molecule has 0 N–H and O–H groups in total. The summed E-state index contributed by atoms with van der Waals surface area (Å²) < 4.78 is 4.22. The van der Waals surface area contributed by atoms with E-state index in [1.807, 2.05) is 14.0 Å². The van der Waals surface area contributed by atoms with Crippen LogP contribution in [0.15, 0.2) is 16.9 Å². The molecule has 8 heteroatoms. The predicted octanol–water partition coefficient (Wildman–Crippen LogP) is 2.00. The van der Waals surface area contributed by atoms with Gasteiger partial charge >= 0.3 is 0 Å². The predicted molar refractivity (Wildman–Crippen MR) is 79.4 cm³/mol. The van der Waals surface area contributed by atoms with Crippen molar-refractivity contribution in [3.05, 3.63) is 33.3 Å². The molecule has 0 aliphatic rings. The van der Waals surface area contributed by atoms with Gasteiger partial charge in [0.25, 0.3) is 0 Å². The molecule has 108 valence electrons. The maximum absolute atomic E-state index is 12.2. The van der Waals surface area contributed by atoms with Gasteiger partial charge in [0, 0.05) is 14.1 Å². The average Bonchev–Trinajstić information content (AvgIpc) is 2.88. The molecule has 2 aromatic rings. The van der Waals surface area contributed by atoms with Crippen molar-refractivity contribution in [2.45, 2.75) is 20.0 Å². The number of likely N-dealkylation sites (N-methyl/N-ethyl adjacent to an activating group) is 1. The Hall–Kier alpha value is -1.34. The van der Waals surface area contributed by atoms with Crippen molar-refractivity contribution < 1.29 is 4.79 Å². The molecule has 0 radical (unpaired) electrons. The van der Waals surface area contributed by atoms with E-state index in [-0.39, 0.29) is 12.5 Å². The van der Waals surface area contributed by atoms with E-state index in [9.17, 15) is 4.79 Å². The minimum absolute atomic E-state index is 0.0408. The van der Waals surface area contributed by atoms with Gasteiger partial charge < -0.3 is 4.90 Å².